The number of aliphatic hydroxyl groups excluding tert-OH is 1. The molecule has 1 fully saturated rings. The smallest absolute Gasteiger partial charge is 0.302 e. The first kappa shape index (κ1) is 14.2. The molecular formula is C14H24O3. The third-order valence-corrected chi connectivity index (χ3v) is 4.30. The van der Waals surface area contributed by atoms with Gasteiger partial charge in [0.2, 0.25) is 0 Å². The van der Waals surface area contributed by atoms with E-state index in [0.717, 1.165) is 19.3 Å². The maximum Gasteiger partial charge on any atom is 0.302 e. The molecule has 3 atom stereocenters. The van der Waals surface area contributed by atoms with Crippen LogP contribution < -0.4 is 0 Å². The van der Waals surface area contributed by atoms with Crippen LogP contribution in [-0.2, 0) is 9.53 Å². The molecule has 0 aromatic carbocycles. The van der Waals surface area contributed by atoms with Crippen molar-refractivity contribution in [1.29, 1.82) is 0 Å². The number of ether oxygens (including phenoxy) is 1. The normalized spacial score (nSPS) is 34.5. The summed E-state index contributed by atoms with van der Waals surface area (Å²) in [6.45, 7) is 7.78. The Kier molecular flexibility index (Phi) is 4.75. The van der Waals surface area contributed by atoms with E-state index in [9.17, 15) is 9.90 Å². The van der Waals surface area contributed by atoms with E-state index < -0.39 is 0 Å². The zero-order chi connectivity index (χ0) is 13.1. The molecule has 3 heteroatoms. The van der Waals surface area contributed by atoms with E-state index in [4.69, 9.17) is 4.74 Å². The number of allylic oxidation sites excluding steroid dienone is 2. The summed E-state index contributed by atoms with van der Waals surface area (Å²) in [5.74, 6) is -0.243. The lowest BCUT2D eigenvalue weighted by atomic mass is 9.62. The van der Waals surface area contributed by atoms with Gasteiger partial charge in [0.05, 0.1) is 6.61 Å². The summed E-state index contributed by atoms with van der Waals surface area (Å²) in [5.41, 5.74) is 1.22. The van der Waals surface area contributed by atoms with Gasteiger partial charge in [0.1, 0.15) is 6.10 Å². The molecule has 0 aromatic heterocycles. The Labute approximate surface area is 104 Å². The lowest BCUT2D eigenvalue weighted by Gasteiger charge is -2.45. The van der Waals surface area contributed by atoms with Crippen LogP contribution in [-0.4, -0.2) is 23.8 Å². The molecule has 0 spiro atoms. The van der Waals surface area contributed by atoms with Gasteiger partial charge in [-0.15, -0.1) is 0 Å². The van der Waals surface area contributed by atoms with Crippen LogP contribution in [0.25, 0.3) is 0 Å². The molecule has 0 bridgehead atoms. The molecule has 1 rings (SSSR count). The molecule has 1 N–H and O–H groups in total. The molecule has 98 valence electrons. The highest BCUT2D eigenvalue weighted by Gasteiger charge is 2.44. The maximum atomic E-state index is 11.1. The quantitative estimate of drug-likeness (QED) is 0.609. The first-order valence-corrected chi connectivity index (χ1v) is 6.37. The SMILES string of the molecule is C/C=C(\C)C1(C)CCCC(OC(C)=O)C1CO. The van der Waals surface area contributed by atoms with Gasteiger partial charge in [0.25, 0.3) is 0 Å². The van der Waals surface area contributed by atoms with Gasteiger partial charge >= 0.3 is 5.97 Å². The number of carbonyl (C=O) groups is 1. The Bertz CT molecular complexity index is 309. The van der Waals surface area contributed by atoms with Gasteiger partial charge in [-0.2, -0.15) is 0 Å². The zero-order valence-corrected chi connectivity index (χ0v) is 11.3. The molecule has 1 aliphatic rings. The highest BCUT2D eigenvalue weighted by molar-refractivity contribution is 5.66. The molecule has 3 nitrogen and oxygen atoms in total. The third kappa shape index (κ3) is 2.89. The van der Waals surface area contributed by atoms with E-state index in [1.165, 1.54) is 12.5 Å². The molecule has 3 unspecified atom stereocenters. The Balaban J connectivity index is 2.95. The average molecular weight is 240 g/mol. The van der Waals surface area contributed by atoms with Gasteiger partial charge in [0, 0.05) is 12.8 Å². The summed E-state index contributed by atoms with van der Waals surface area (Å²) >= 11 is 0. The van der Waals surface area contributed by atoms with Crippen molar-refractivity contribution in [1.82, 2.24) is 0 Å². The van der Waals surface area contributed by atoms with Crippen LogP contribution in [0.2, 0.25) is 0 Å². The van der Waals surface area contributed by atoms with Gasteiger partial charge in [0.15, 0.2) is 0 Å². The van der Waals surface area contributed by atoms with Gasteiger partial charge in [-0.25, -0.2) is 0 Å². The monoisotopic (exact) mass is 240 g/mol. The number of esters is 1. The van der Waals surface area contributed by atoms with Crippen molar-refractivity contribution in [3.8, 4) is 0 Å². The Morgan fingerprint density at radius 2 is 2.18 bits per heavy atom. The molecule has 0 saturated heterocycles. The number of hydrogen-bond donors (Lipinski definition) is 1. The second-order valence-electron chi connectivity index (χ2n) is 5.22. The molecule has 0 heterocycles. The van der Waals surface area contributed by atoms with E-state index >= 15 is 0 Å². The fourth-order valence-electron chi connectivity index (χ4n) is 2.96. The van der Waals surface area contributed by atoms with Crippen LogP contribution in [0.4, 0.5) is 0 Å². The molecule has 0 amide bonds. The van der Waals surface area contributed by atoms with Crippen molar-refractivity contribution >= 4 is 5.97 Å². The van der Waals surface area contributed by atoms with Gasteiger partial charge < -0.3 is 9.84 Å². The van der Waals surface area contributed by atoms with Crippen LogP contribution in [0.3, 0.4) is 0 Å². The van der Waals surface area contributed by atoms with Gasteiger partial charge in [-0.05, 0) is 38.5 Å². The zero-order valence-electron chi connectivity index (χ0n) is 11.3. The number of rotatable bonds is 3. The largest absolute Gasteiger partial charge is 0.462 e. The average Bonchev–Trinajstić information content (AvgIpc) is 2.27. The van der Waals surface area contributed by atoms with E-state index in [1.807, 2.05) is 6.92 Å². The molecular weight excluding hydrogens is 216 g/mol. The topological polar surface area (TPSA) is 46.5 Å². The van der Waals surface area contributed by atoms with Crippen LogP contribution in [0.15, 0.2) is 11.6 Å². The second kappa shape index (κ2) is 5.67. The standard InChI is InChI=1S/C14H24O3/c1-5-10(2)14(4)8-6-7-13(12(14)9-15)17-11(3)16/h5,12-13,15H,6-9H2,1-4H3/b10-5+. The summed E-state index contributed by atoms with van der Waals surface area (Å²) in [6, 6.07) is 0. The fraction of sp³-hybridized carbons (Fsp3) is 0.786. The van der Waals surface area contributed by atoms with E-state index in [-0.39, 0.29) is 30.0 Å². The Hall–Kier alpha value is -0.830. The summed E-state index contributed by atoms with van der Waals surface area (Å²) < 4.78 is 5.36. The predicted molar refractivity (Wildman–Crippen MR) is 67.5 cm³/mol. The van der Waals surface area contributed by atoms with Crippen molar-refractivity contribution in [3.05, 3.63) is 11.6 Å². The Morgan fingerprint density at radius 1 is 1.53 bits per heavy atom. The van der Waals surface area contributed by atoms with Crippen molar-refractivity contribution in [3.63, 3.8) is 0 Å². The molecule has 1 aliphatic carbocycles. The van der Waals surface area contributed by atoms with Gasteiger partial charge in [-0.1, -0.05) is 18.6 Å². The Morgan fingerprint density at radius 3 is 2.65 bits per heavy atom. The summed E-state index contributed by atoms with van der Waals surface area (Å²) in [7, 11) is 0. The summed E-state index contributed by atoms with van der Waals surface area (Å²) in [4.78, 5) is 11.1. The molecule has 0 aliphatic heterocycles. The van der Waals surface area contributed by atoms with Crippen LogP contribution in [0.1, 0.15) is 47.0 Å². The van der Waals surface area contributed by atoms with Crippen LogP contribution in [0, 0.1) is 11.3 Å². The highest BCUT2D eigenvalue weighted by atomic mass is 16.5. The van der Waals surface area contributed by atoms with Crippen molar-refractivity contribution in [2.45, 2.75) is 53.1 Å². The number of hydrogen-bond acceptors (Lipinski definition) is 3. The molecule has 1 saturated carbocycles. The summed E-state index contributed by atoms with van der Waals surface area (Å²) in [6.07, 6.45) is 4.89. The third-order valence-electron chi connectivity index (χ3n) is 4.30. The fourth-order valence-corrected chi connectivity index (χ4v) is 2.96. The second-order valence-corrected chi connectivity index (χ2v) is 5.22. The predicted octanol–water partition coefficient (Wildman–Crippen LogP) is 2.68. The van der Waals surface area contributed by atoms with Gasteiger partial charge in [-0.3, -0.25) is 4.79 Å². The first-order valence-electron chi connectivity index (χ1n) is 6.37. The lowest BCUT2D eigenvalue weighted by molar-refractivity contribution is -0.156. The summed E-state index contributed by atoms with van der Waals surface area (Å²) in [5, 5.41) is 9.64. The number of aliphatic hydroxyl groups is 1. The van der Waals surface area contributed by atoms with E-state index in [1.54, 1.807) is 0 Å². The first-order chi connectivity index (χ1) is 7.95. The number of carbonyl (C=O) groups excluding carboxylic acids is 1. The van der Waals surface area contributed by atoms with E-state index in [2.05, 4.69) is 19.9 Å². The maximum absolute atomic E-state index is 11.1. The minimum absolute atomic E-state index is 0.0105. The molecule has 0 aromatic rings. The van der Waals surface area contributed by atoms with Crippen LogP contribution >= 0.6 is 0 Å². The molecule has 17 heavy (non-hydrogen) atoms. The highest BCUT2D eigenvalue weighted by Crippen LogP contribution is 2.47. The van der Waals surface area contributed by atoms with Crippen molar-refractivity contribution in [2.75, 3.05) is 6.61 Å². The van der Waals surface area contributed by atoms with Crippen LogP contribution in [0.5, 0.6) is 0 Å². The molecule has 0 radical (unpaired) electrons. The minimum atomic E-state index is -0.254. The van der Waals surface area contributed by atoms with Crippen molar-refractivity contribution < 1.29 is 14.6 Å². The van der Waals surface area contributed by atoms with Crippen molar-refractivity contribution in [2.24, 2.45) is 11.3 Å². The minimum Gasteiger partial charge on any atom is -0.462 e. The van der Waals surface area contributed by atoms with E-state index in [0.29, 0.717) is 0 Å². The lowest BCUT2D eigenvalue weighted by Crippen LogP contribution is -2.45.